The van der Waals surface area contributed by atoms with Crippen molar-refractivity contribution in [2.45, 2.75) is 157 Å². The highest BCUT2D eigenvalue weighted by atomic mass is 16.2. The Morgan fingerprint density at radius 2 is 1.57 bits per heavy atom. The van der Waals surface area contributed by atoms with E-state index in [1.54, 1.807) is 4.90 Å². The number of carbonyl (C=O) groups is 6. The average molecular weight is 690 g/mol. The van der Waals surface area contributed by atoms with Crippen LogP contribution in [0.4, 0.5) is 0 Å². The fourth-order valence-electron chi connectivity index (χ4n) is 6.16. The second-order valence-corrected chi connectivity index (χ2v) is 15.6. The number of β-lactam (4-membered cyclic amide) rings is 1. The van der Waals surface area contributed by atoms with Crippen molar-refractivity contribution in [2.24, 2.45) is 17.3 Å². The van der Waals surface area contributed by atoms with E-state index in [1.807, 2.05) is 25.7 Å². The van der Waals surface area contributed by atoms with Gasteiger partial charge in [0.05, 0.1) is 11.6 Å². The molecule has 4 rings (SSSR count). The first-order valence-electron chi connectivity index (χ1n) is 18.5. The van der Waals surface area contributed by atoms with Crippen LogP contribution in [-0.4, -0.2) is 88.9 Å². The van der Waals surface area contributed by atoms with E-state index in [0.29, 0.717) is 18.7 Å². The third-order valence-electron chi connectivity index (χ3n) is 8.91. The summed E-state index contributed by atoms with van der Waals surface area (Å²) in [5.74, 6) is -0.0899. The molecule has 280 valence electrons. The molecule has 11 nitrogen and oxygen atoms in total. The first-order chi connectivity index (χ1) is 23.0. The minimum absolute atomic E-state index is 0.0499. The van der Waals surface area contributed by atoms with Crippen LogP contribution in [0.2, 0.25) is 0 Å². The zero-order valence-electron chi connectivity index (χ0n) is 32.0. The maximum Gasteiger partial charge on any atom is 0.289 e. The van der Waals surface area contributed by atoms with Crippen LogP contribution in [0.25, 0.3) is 0 Å². The molecule has 0 bridgehead atoms. The van der Waals surface area contributed by atoms with E-state index in [2.05, 4.69) is 64.1 Å². The summed E-state index contributed by atoms with van der Waals surface area (Å²) in [7, 11) is 0. The monoisotopic (exact) mass is 690 g/mol. The molecule has 0 aromatic carbocycles. The highest BCUT2D eigenvalue weighted by Gasteiger charge is 2.61. The number of Topliss-reactive ketones (excluding diaryl/α,β-unsaturated/α-hetero) is 1. The molecule has 2 aliphatic heterocycles. The second kappa shape index (κ2) is 21.1. The number of rotatable bonds is 11. The van der Waals surface area contributed by atoms with Gasteiger partial charge in [-0.05, 0) is 50.9 Å². The molecule has 0 aromatic rings. The minimum Gasteiger partial charge on any atom is -0.348 e. The number of nitrogens with zero attached hydrogens (tertiary/aromatic N) is 2. The van der Waals surface area contributed by atoms with Crippen molar-refractivity contribution in [3.05, 3.63) is 12.7 Å². The van der Waals surface area contributed by atoms with E-state index in [1.165, 1.54) is 12.5 Å². The minimum atomic E-state index is -0.685. The molecule has 1 spiro atoms. The number of hydrogen-bond donors (Lipinski definition) is 3. The Bertz CT molecular complexity index is 1100. The third-order valence-corrected chi connectivity index (χ3v) is 8.91. The molecule has 49 heavy (non-hydrogen) atoms. The van der Waals surface area contributed by atoms with Crippen molar-refractivity contribution in [3.63, 3.8) is 0 Å². The van der Waals surface area contributed by atoms with E-state index in [4.69, 9.17) is 0 Å². The highest BCUT2D eigenvalue weighted by Crippen LogP contribution is 2.44. The summed E-state index contributed by atoms with van der Waals surface area (Å²) in [6, 6.07) is -0.897. The maximum absolute atomic E-state index is 12.9. The highest BCUT2D eigenvalue weighted by molar-refractivity contribution is 6.38. The third kappa shape index (κ3) is 13.9. The SMILES string of the molecule is C=CCNC(=O)C(=O)C(CC1CC1)NC=O.CC(C)C.CC1CCCN1C(=O)CN1C(=O)C(NC(=O)C(C)(C)C)C12CCCCC2.CCC. The number of nitrogens with one attached hydrogen (secondary N) is 3. The Morgan fingerprint density at radius 1 is 1.00 bits per heavy atom. The lowest BCUT2D eigenvalue weighted by Gasteiger charge is -2.59. The molecule has 4 aliphatic rings. The molecule has 2 saturated heterocycles. The van der Waals surface area contributed by atoms with E-state index in [-0.39, 0.29) is 42.4 Å². The number of ketones is 1. The van der Waals surface area contributed by atoms with Gasteiger partial charge in [0.2, 0.25) is 29.9 Å². The number of likely N-dealkylation sites (tertiary alicyclic amines) is 2. The molecule has 3 unspecified atom stereocenters. The lowest BCUT2D eigenvalue weighted by Crippen LogP contribution is -2.80. The number of hydrogen-bond acceptors (Lipinski definition) is 6. The van der Waals surface area contributed by atoms with E-state index in [9.17, 15) is 28.8 Å². The standard InChI is InChI=1S/C20H33N3O3.C11H16N2O3.C4H10.C3H8/c1-14-9-8-12-22(14)15(24)13-23-17(25)16(21-18(26)19(2,3)4)20(23)10-6-5-7-11-20;1-2-5-12-11(16)10(15)9(13-7-14)6-8-3-4-8;1-4(2)3;1-3-2/h14,16H,5-13H2,1-4H3,(H,21,26);2,7-9H,1,3-6H2,(H,12,16)(H,13,14);4H,1-3H3;3H2,1-2H3. The van der Waals surface area contributed by atoms with Crippen LogP contribution in [0, 0.1) is 17.3 Å². The van der Waals surface area contributed by atoms with Gasteiger partial charge in [0, 0.05) is 24.5 Å². The predicted octanol–water partition coefficient (Wildman–Crippen LogP) is 4.92. The van der Waals surface area contributed by atoms with Gasteiger partial charge in [0.15, 0.2) is 0 Å². The summed E-state index contributed by atoms with van der Waals surface area (Å²) in [5, 5.41) is 7.79. The van der Waals surface area contributed by atoms with E-state index >= 15 is 0 Å². The Labute approximate surface area is 296 Å². The van der Waals surface area contributed by atoms with Gasteiger partial charge in [-0.25, -0.2) is 0 Å². The van der Waals surface area contributed by atoms with Gasteiger partial charge in [0.1, 0.15) is 12.6 Å². The van der Waals surface area contributed by atoms with Gasteiger partial charge in [0.25, 0.3) is 5.91 Å². The molecule has 11 heteroatoms. The zero-order valence-corrected chi connectivity index (χ0v) is 32.0. The van der Waals surface area contributed by atoms with Crippen LogP contribution >= 0.6 is 0 Å². The fourth-order valence-corrected chi connectivity index (χ4v) is 6.16. The Kier molecular flexibility index (Phi) is 18.8. The van der Waals surface area contributed by atoms with Crippen molar-refractivity contribution in [2.75, 3.05) is 19.6 Å². The summed E-state index contributed by atoms with van der Waals surface area (Å²) in [4.78, 5) is 75.1. The van der Waals surface area contributed by atoms with Gasteiger partial charge >= 0.3 is 0 Å². The van der Waals surface area contributed by atoms with Gasteiger partial charge in [-0.15, -0.1) is 6.58 Å². The molecule has 2 aliphatic carbocycles. The second-order valence-electron chi connectivity index (χ2n) is 15.6. The van der Waals surface area contributed by atoms with Crippen molar-refractivity contribution in [3.8, 4) is 0 Å². The molecule has 2 saturated carbocycles. The fraction of sp³-hybridized carbons (Fsp3) is 0.789. The molecule has 2 heterocycles. The summed E-state index contributed by atoms with van der Waals surface area (Å²) in [6.45, 7) is 23.0. The molecular weight excluding hydrogens is 622 g/mol. The molecule has 0 radical (unpaired) electrons. The summed E-state index contributed by atoms with van der Waals surface area (Å²) in [6.07, 6.45) is 13.0. The summed E-state index contributed by atoms with van der Waals surface area (Å²) in [5.41, 5.74) is -0.897. The maximum atomic E-state index is 12.9. The summed E-state index contributed by atoms with van der Waals surface area (Å²) < 4.78 is 0. The van der Waals surface area contributed by atoms with Gasteiger partial charge in [-0.2, -0.15) is 0 Å². The molecule has 5 amide bonds. The Balaban J connectivity index is 0.000000444. The largest absolute Gasteiger partial charge is 0.348 e. The van der Waals surface area contributed by atoms with Crippen LogP contribution in [-0.2, 0) is 28.8 Å². The quantitative estimate of drug-likeness (QED) is 0.122. The predicted molar refractivity (Wildman–Crippen MR) is 194 cm³/mol. The van der Waals surface area contributed by atoms with Crippen LogP contribution < -0.4 is 16.0 Å². The van der Waals surface area contributed by atoms with Crippen LogP contribution in [0.1, 0.15) is 133 Å². The van der Waals surface area contributed by atoms with Crippen molar-refractivity contribution >= 4 is 35.8 Å². The summed E-state index contributed by atoms with van der Waals surface area (Å²) >= 11 is 0. The average Bonchev–Trinajstić information content (AvgIpc) is 3.76. The molecule has 0 aromatic heterocycles. The molecule has 3 N–H and O–H groups in total. The van der Waals surface area contributed by atoms with Crippen LogP contribution in [0.15, 0.2) is 12.7 Å². The van der Waals surface area contributed by atoms with Crippen molar-refractivity contribution in [1.82, 2.24) is 25.8 Å². The Morgan fingerprint density at radius 3 is 2.02 bits per heavy atom. The van der Waals surface area contributed by atoms with E-state index < -0.39 is 29.2 Å². The number of amides is 5. The van der Waals surface area contributed by atoms with Gasteiger partial charge in [-0.3, -0.25) is 28.8 Å². The first kappa shape index (κ1) is 43.8. The van der Waals surface area contributed by atoms with Crippen LogP contribution in [0.3, 0.4) is 0 Å². The molecule has 3 atom stereocenters. The molecular formula is C38H67N5O6. The van der Waals surface area contributed by atoms with Gasteiger partial charge in [-0.1, -0.05) is 100.0 Å². The van der Waals surface area contributed by atoms with Gasteiger partial charge < -0.3 is 25.8 Å². The van der Waals surface area contributed by atoms with Crippen molar-refractivity contribution < 1.29 is 28.8 Å². The first-order valence-corrected chi connectivity index (χ1v) is 18.5. The molecule has 4 fully saturated rings. The normalized spacial score (nSPS) is 21.3. The van der Waals surface area contributed by atoms with E-state index in [0.717, 1.165) is 70.3 Å². The topological polar surface area (TPSA) is 145 Å². The lowest BCUT2D eigenvalue weighted by molar-refractivity contribution is -0.174. The number of carbonyl (C=O) groups excluding carboxylic acids is 6. The lowest BCUT2D eigenvalue weighted by atomic mass is 9.68. The Hall–Kier alpha value is -3.24. The van der Waals surface area contributed by atoms with Crippen molar-refractivity contribution in [1.29, 1.82) is 0 Å². The smallest absolute Gasteiger partial charge is 0.289 e. The zero-order chi connectivity index (χ0) is 37.4. The van der Waals surface area contributed by atoms with Crippen LogP contribution in [0.5, 0.6) is 0 Å².